The van der Waals surface area contributed by atoms with E-state index in [-0.39, 0.29) is 18.2 Å². The van der Waals surface area contributed by atoms with Crippen LogP contribution in [0, 0.1) is 5.82 Å². The zero-order valence-electron chi connectivity index (χ0n) is 15.6. The molecule has 148 valence electrons. The number of hydrogen-bond acceptors (Lipinski definition) is 5. The van der Waals surface area contributed by atoms with E-state index < -0.39 is 0 Å². The Kier molecular flexibility index (Phi) is 5.57. The van der Waals surface area contributed by atoms with Crippen molar-refractivity contribution in [3.63, 3.8) is 0 Å². The van der Waals surface area contributed by atoms with E-state index in [4.69, 9.17) is 0 Å². The molecule has 5 rings (SSSR count). The number of nitrogens with one attached hydrogen (secondary N) is 1. The van der Waals surface area contributed by atoms with Crippen molar-refractivity contribution in [2.24, 2.45) is 0 Å². The molecule has 2 aromatic heterocycles. The number of halogens is 2. The lowest BCUT2D eigenvalue weighted by atomic mass is 9.95. The molecule has 0 spiro atoms. The van der Waals surface area contributed by atoms with Crippen molar-refractivity contribution in [3.05, 3.63) is 53.5 Å². The van der Waals surface area contributed by atoms with Gasteiger partial charge < -0.3 is 9.88 Å². The number of likely N-dealkylation sites (tertiary alicyclic amines) is 1. The van der Waals surface area contributed by atoms with E-state index in [1.807, 2.05) is 12.1 Å². The van der Waals surface area contributed by atoms with Crippen LogP contribution in [0.1, 0.15) is 36.0 Å². The Morgan fingerprint density at radius 3 is 2.86 bits per heavy atom. The SMILES string of the molecule is Cl.Fc1cc(CN2CCC(c3nnc4n3CCNC4)CC2)c2ncccc2c1. The fourth-order valence-electron chi connectivity index (χ4n) is 4.35. The fourth-order valence-corrected chi connectivity index (χ4v) is 4.35. The Labute approximate surface area is 169 Å². The molecular formula is C20H24ClFN6. The van der Waals surface area contributed by atoms with Crippen LogP contribution >= 0.6 is 12.4 Å². The number of fused-ring (bicyclic) bond motifs is 2. The molecular weight excluding hydrogens is 379 g/mol. The molecule has 0 saturated carbocycles. The van der Waals surface area contributed by atoms with E-state index in [2.05, 4.69) is 30.0 Å². The van der Waals surface area contributed by atoms with Crippen LogP contribution in [0.5, 0.6) is 0 Å². The van der Waals surface area contributed by atoms with Crippen LogP contribution in [0.2, 0.25) is 0 Å². The Balaban J connectivity index is 0.00000192. The van der Waals surface area contributed by atoms with Crippen LogP contribution in [0.25, 0.3) is 10.9 Å². The normalized spacial score (nSPS) is 18.0. The first-order valence-corrected chi connectivity index (χ1v) is 9.66. The molecule has 2 aliphatic heterocycles. The van der Waals surface area contributed by atoms with Crippen LogP contribution in [-0.4, -0.2) is 44.3 Å². The smallest absolute Gasteiger partial charge is 0.147 e. The van der Waals surface area contributed by atoms with Gasteiger partial charge in [-0.15, -0.1) is 22.6 Å². The van der Waals surface area contributed by atoms with Crippen LogP contribution in [0.4, 0.5) is 4.39 Å². The molecule has 28 heavy (non-hydrogen) atoms. The molecule has 2 aliphatic rings. The van der Waals surface area contributed by atoms with Crippen LogP contribution in [0.15, 0.2) is 30.5 Å². The van der Waals surface area contributed by atoms with Gasteiger partial charge in [-0.3, -0.25) is 9.88 Å². The number of aromatic nitrogens is 4. The molecule has 6 nitrogen and oxygen atoms in total. The summed E-state index contributed by atoms with van der Waals surface area (Å²) < 4.78 is 16.3. The van der Waals surface area contributed by atoms with Gasteiger partial charge in [0.25, 0.3) is 0 Å². The van der Waals surface area contributed by atoms with Gasteiger partial charge in [0.2, 0.25) is 0 Å². The lowest BCUT2D eigenvalue weighted by molar-refractivity contribution is 0.200. The summed E-state index contributed by atoms with van der Waals surface area (Å²) in [6.45, 7) is 5.45. The van der Waals surface area contributed by atoms with Crippen LogP contribution in [-0.2, 0) is 19.6 Å². The molecule has 1 fully saturated rings. The van der Waals surface area contributed by atoms with Crippen molar-refractivity contribution in [1.29, 1.82) is 0 Å². The van der Waals surface area contributed by atoms with Crippen molar-refractivity contribution >= 4 is 23.3 Å². The van der Waals surface area contributed by atoms with Gasteiger partial charge in [0, 0.05) is 37.1 Å². The first-order valence-electron chi connectivity index (χ1n) is 9.66. The monoisotopic (exact) mass is 402 g/mol. The largest absolute Gasteiger partial charge is 0.312 e. The second-order valence-electron chi connectivity index (χ2n) is 7.49. The summed E-state index contributed by atoms with van der Waals surface area (Å²) in [6.07, 6.45) is 3.90. The highest BCUT2D eigenvalue weighted by Gasteiger charge is 2.27. The summed E-state index contributed by atoms with van der Waals surface area (Å²) in [7, 11) is 0. The molecule has 0 radical (unpaired) electrons. The number of benzene rings is 1. The third-order valence-corrected chi connectivity index (χ3v) is 5.75. The van der Waals surface area contributed by atoms with Gasteiger partial charge in [-0.2, -0.15) is 0 Å². The van der Waals surface area contributed by atoms with Gasteiger partial charge in [0.05, 0.1) is 12.1 Å². The van der Waals surface area contributed by atoms with Crippen molar-refractivity contribution in [1.82, 2.24) is 30.0 Å². The van der Waals surface area contributed by atoms with E-state index in [0.29, 0.717) is 5.92 Å². The van der Waals surface area contributed by atoms with Gasteiger partial charge >= 0.3 is 0 Å². The zero-order valence-corrected chi connectivity index (χ0v) is 16.5. The van der Waals surface area contributed by atoms with E-state index in [0.717, 1.165) is 80.2 Å². The van der Waals surface area contributed by atoms with Crippen molar-refractivity contribution < 1.29 is 4.39 Å². The molecule has 1 N–H and O–H groups in total. The minimum absolute atomic E-state index is 0. The molecule has 0 aliphatic carbocycles. The van der Waals surface area contributed by atoms with Crippen LogP contribution in [0.3, 0.4) is 0 Å². The van der Waals surface area contributed by atoms with Crippen molar-refractivity contribution in [2.75, 3.05) is 19.6 Å². The van der Waals surface area contributed by atoms with Crippen LogP contribution < -0.4 is 5.32 Å². The summed E-state index contributed by atoms with van der Waals surface area (Å²) in [6, 6.07) is 6.96. The molecule has 0 atom stereocenters. The summed E-state index contributed by atoms with van der Waals surface area (Å²) in [5, 5.41) is 13.0. The molecule has 0 bridgehead atoms. The standard InChI is InChI=1S/C20H23FN6.ClH/c21-17-10-15-2-1-5-23-19(15)16(11-17)13-26-7-3-14(4-8-26)20-25-24-18-12-22-6-9-27(18)20;/h1-2,5,10-11,14,22H,3-4,6-9,12-13H2;1H. The third-order valence-electron chi connectivity index (χ3n) is 5.75. The van der Waals surface area contributed by atoms with Gasteiger partial charge in [-0.25, -0.2) is 4.39 Å². The minimum atomic E-state index is -0.191. The Bertz CT molecular complexity index is 966. The number of pyridine rings is 1. The Morgan fingerprint density at radius 2 is 2.00 bits per heavy atom. The number of rotatable bonds is 3. The average Bonchev–Trinajstić information content (AvgIpc) is 3.13. The molecule has 1 aromatic carbocycles. The predicted octanol–water partition coefficient (Wildman–Crippen LogP) is 2.87. The number of nitrogens with zero attached hydrogens (tertiary/aromatic N) is 5. The Morgan fingerprint density at radius 1 is 1.14 bits per heavy atom. The average molecular weight is 403 g/mol. The maximum atomic E-state index is 14.0. The van der Waals surface area contributed by atoms with E-state index in [9.17, 15) is 4.39 Å². The molecule has 1 saturated heterocycles. The van der Waals surface area contributed by atoms with Crippen molar-refractivity contribution in [2.45, 2.75) is 38.4 Å². The van der Waals surface area contributed by atoms with Gasteiger partial charge in [-0.05, 0) is 49.7 Å². The second-order valence-corrected chi connectivity index (χ2v) is 7.49. The summed E-state index contributed by atoms with van der Waals surface area (Å²) >= 11 is 0. The molecule has 8 heteroatoms. The highest BCUT2D eigenvalue weighted by atomic mass is 35.5. The van der Waals surface area contributed by atoms with Gasteiger partial charge in [-0.1, -0.05) is 6.07 Å². The van der Waals surface area contributed by atoms with E-state index in [1.54, 1.807) is 18.3 Å². The van der Waals surface area contributed by atoms with Gasteiger partial charge in [0.15, 0.2) is 0 Å². The molecule has 3 aromatic rings. The van der Waals surface area contributed by atoms with E-state index in [1.165, 1.54) is 0 Å². The highest BCUT2D eigenvalue weighted by Crippen LogP contribution is 2.29. The molecule has 4 heterocycles. The van der Waals surface area contributed by atoms with E-state index >= 15 is 0 Å². The topological polar surface area (TPSA) is 58.9 Å². The summed E-state index contributed by atoms with van der Waals surface area (Å²) in [4.78, 5) is 6.87. The number of piperidine rings is 1. The lowest BCUT2D eigenvalue weighted by Gasteiger charge is -2.32. The lowest BCUT2D eigenvalue weighted by Crippen LogP contribution is -2.34. The fraction of sp³-hybridized carbons (Fsp3) is 0.450. The minimum Gasteiger partial charge on any atom is -0.312 e. The first-order chi connectivity index (χ1) is 13.3. The molecule has 0 unspecified atom stereocenters. The predicted molar refractivity (Wildman–Crippen MR) is 108 cm³/mol. The zero-order chi connectivity index (χ0) is 18.2. The maximum absolute atomic E-state index is 14.0. The number of hydrogen-bond donors (Lipinski definition) is 1. The summed E-state index contributed by atoms with van der Waals surface area (Å²) in [5.41, 5.74) is 1.87. The van der Waals surface area contributed by atoms with Crippen molar-refractivity contribution in [3.8, 4) is 0 Å². The van der Waals surface area contributed by atoms with Gasteiger partial charge in [0.1, 0.15) is 17.5 Å². The second kappa shape index (κ2) is 8.11. The maximum Gasteiger partial charge on any atom is 0.147 e. The summed E-state index contributed by atoms with van der Waals surface area (Å²) in [5.74, 6) is 2.46. The Hall–Kier alpha value is -2.09. The molecule has 0 amide bonds. The first kappa shape index (κ1) is 19.2. The highest BCUT2D eigenvalue weighted by molar-refractivity contribution is 5.85. The quantitative estimate of drug-likeness (QED) is 0.730. The third kappa shape index (κ3) is 3.62.